The van der Waals surface area contributed by atoms with Crippen LogP contribution < -0.4 is 31.3 Å². The molecule has 3 fully saturated rings. The van der Waals surface area contributed by atoms with E-state index in [1.165, 1.54) is 45.9 Å². The number of phenolic OH excluding ortho intramolecular Hbond substituents is 1. The van der Waals surface area contributed by atoms with E-state index in [1.807, 2.05) is 18.2 Å². The summed E-state index contributed by atoms with van der Waals surface area (Å²) >= 11 is 0. The highest BCUT2D eigenvalue weighted by molar-refractivity contribution is 5.98. The largest absolute Gasteiger partial charge is 0.504 e. The minimum atomic E-state index is -2.08. The molecule has 0 spiro atoms. The number of β-amino-alcohol motifs (C(OH)–C–C–N with tert-alkyl or cyclic N) is 1. The Bertz CT molecular complexity index is 2290. The molecule has 0 saturated carbocycles. The van der Waals surface area contributed by atoms with Crippen molar-refractivity contribution in [3.63, 3.8) is 0 Å². The zero-order valence-electron chi connectivity index (χ0n) is 39.9. The lowest BCUT2D eigenvalue weighted by Gasteiger charge is -2.33. The standard InChI is InChI=1S/C47H64N8O16/c1-23-20-55-38(39(23)62)43(66)49-18-27(57)16-29(50-46(69)71-47(3,4)5)40(63)51-35(24(2)56)44(67)54-21-28(58)17-30(54)41(64)52-36(42(65)53-37(45(55)68)33(61)19-48-6)32(60)15-26-12-13-34(31(59)14-26)70-22-25-10-8-7-9-11-25/h7-14,23-24,27-30,32-33,35-39,56-62H,15-22H2,1-5H3,(H,49,66)(H,50,69)(H,51,63)(H,52,64)(H,53,65)/t23-,24+,27+,28+,29-,30-,32+,33+,35-,36-,37-,38-,39-/m0/s1. The number of fused-ring (bicyclic) bond motifs is 2. The number of benzene rings is 2. The second-order valence-electron chi connectivity index (χ2n) is 19.1. The fourth-order valence-corrected chi connectivity index (χ4v) is 8.47. The minimum absolute atomic E-state index is 0.0713. The number of phenols is 1. The van der Waals surface area contributed by atoms with Gasteiger partial charge in [-0.2, -0.15) is 0 Å². The first-order chi connectivity index (χ1) is 33.4. The normalized spacial score (nSPS) is 28.6. The smallest absolute Gasteiger partial charge is 0.408 e. The van der Waals surface area contributed by atoms with Gasteiger partial charge < -0.3 is 86.4 Å². The molecule has 2 aromatic rings. The Morgan fingerprint density at radius 3 is 2.10 bits per heavy atom. The fourth-order valence-electron chi connectivity index (χ4n) is 8.47. The molecule has 3 heterocycles. The summed E-state index contributed by atoms with van der Waals surface area (Å²) in [6.45, 7) is 12.5. The van der Waals surface area contributed by atoms with Crippen LogP contribution in [-0.2, 0) is 46.5 Å². The van der Waals surface area contributed by atoms with E-state index >= 15 is 0 Å². The van der Waals surface area contributed by atoms with E-state index in [0.29, 0.717) is 0 Å². The molecule has 3 saturated heterocycles. The number of hydrogen-bond acceptors (Lipinski definition) is 16. The number of carbonyl (C=O) groups excluding carboxylic acids is 7. The molecule has 2 aromatic carbocycles. The number of aromatic hydroxyl groups is 1. The van der Waals surface area contributed by atoms with Crippen LogP contribution in [-0.4, -0.2) is 192 Å². The number of amides is 7. The van der Waals surface area contributed by atoms with Crippen LogP contribution in [0, 0.1) is 12.5 Å². The van der Waals surface area contributed by atoms with Gasteiger partial charge in [0.15, 0.2) is 17.6 Å². The van der Waals surface area contributed by atoms with E-state index in [0.717, 1.165) is 22.3 Å². The van der Waals surface area contributed by atoms with Gasteiger partial charge in [-0.1, -0.05) is 43.3 Å². The van der Waals surface area contributed by atoms with Crippen LogP contribution in [0.1, 0.15) is 58.6 Å². The zero-order valence-corrected chi connectivity index (χ0v) is 39.9. The maximum Gasteiger partial charge on any atom is 0.408 e. The fraction of sp³-hybridized carbons (Fsp3) is 0.574. The zero-order chi connectivity index (χ0) is 52.5. The second kappa shape index (κ2) is 24.0. The van der Waals surface area contributed by atoms with E-state index in [4.69, 9.17) is 16.0 Å². The molecule has 0 aromatic heterocycles. The van der Waals surface area contributed by atoms with Gasteiger partial charge in [-0.05, 0) is 51.0 Å². The summed E-state index contributed by atoms with van der Waals surface area (Å²) in [5.41, 5.74) is -0.0662. The van der Waals surface area contributed by atoms with Crippen molar-refractivity contribution >= 4 is 41.5 Å². The Labute approximate surface area is 409 Å². The maximum absolute atomic E-state index is 14.5. The number of hydrogen-bond donors (Lipinski definition) is 12. The van der Waals surface area contributed by atoms with Crippen molar-refractivity contribution in [1.82, 2.24) is 36.4 Å². The second-order valence-corrected chi connectivity index (χ2v) is 19.1. The number of nitrogens with zero attached hydrogens (tertiary/aromatic N) is 3. The molecule has 12 N–H and O–H groups in total. The SMILES string of the molecule is [C-]#[N+]C[C@@H](O)[C@@H]1NC(=O)[C@H]([C@H](O)Cc2ccc(OCc3ccccc3)c(O)c2)NC(=O)[C@@H]2C[C@@H](O)CN2C(=O)[C@H]([C@@H](C)O)NC(=O)[C@@H](NC(=O)OC(C)(C)C)C[C@@H](O)CNC(=O)[C@@H]2[C@@H](O)[C@@H](C)CN2C1=O. The molecule has 0 radical (unpaired) electrons. The predicted molar refractivity (Wildman–Crippen MR) is 247 cm³/mol. The molecule has 13 atom stereocenters. The number of ether oxygens (including phenoxy) is 2. The highest BCUT2D eigenvalue weighted by Gasteiger charge is 2.50. The predicted octanol–water partition coefficient (Wildman–Crippen LogP) is -3.07. The summed E-state index contributed by atoms with van der Waals surface area (Å²) in [6.07, 6.45) is -12.9. The van der Waals surface area contributed by atoms with Crippen LogP contribution in [0.2, 0.25) is 0 Å². The summed E-state index contributed by atoms with van der Waals surface area (Å²) in [5.74, 6) is -8.02. The Morgan fingerprint density at radius 2 is 1.46 bits per heavy atom. The Morgan fingerprint density at radius 1 is 0.817 bits per heavy atom. The average Bonchev–Trinajstić information content (AvgIpc) is 3.84. The van der Waals surface area contributed by atoms with Crippen LogP contribution in [0.15, 0.2) is 48.5 Å². The highest BCUT2D eigenvalue weighted by atomic mass is 16.6. The van der Waals surface area contributed by atoms with Crippen LogP contribution in [0.3, 0.4) is 0 Å². The minimum Gasteiger partial charge on any atom is -0.504 e. The lowest BCUT2D eigenvalue weighted by molar-refractivity contribution is -0.147. The van der Waals surface area contributed by atoms with Crippen LogP contribution >= 0.6 is 0 Å². The van der Waals surface area contributed by atoms with Gasteiger partial charge in [0, 0.05) is 44.8 Å². The van der Waals surface area contributed by atoms with Crippen molar-refractivity contribution in [3.05, 3.63) is 71.1 Å². The average molecular weight is 997 g/mol. The van der Waals surface area contributed by atoms with E-state index < -0.39 is 165 Å². The number of alkyl carbamates (subject to hydrolysis) is 1. The van der Waals surface area contributed by atoms with Gasteiger partial charge in [-0.3, -0.25) is 28.8 Å². The molecule has 24 nitrogen and oxygen atoms in total. The lowest BCUT2D eigenvalue weighted by Crippen LogP contribution is -2.64. The van der Waals surface area contributed by atoms with Crippen LogP contribution in [0.4, 0.5) is 4.79 Å². The summed E-state index contributed by atoms with van der Waals surface area (Å²) in [4.78, 5) is 103. The Hall–Kier alpha value is -6.62. The number of rotatable bonds is 10. The molecule has 5 rings (SSSR count). The number of carbonyl (C=O) groups is 7. The van der Waals surface area contributed by atoms with E-state index in [-0.39, 0.29) is 30.2 Å². The van der Waals surface area contributed by atoms with E-state index in [9.17, 15) is 69.3 Å². The summed E-state index contributed by atoms with van der Waals surface area (Å²) in [7, 11) is 0. The third-order valence-electron chi connectivity index (χ3n) is 12.1. The van der Waals surface area contributed by atoms with E-state index in [1.54, 1.807) is 12.1 Å². The maximum atomic E-state index is 14.5. The van der Waals surface area contributed by atoms with Gasteiger partial charge in [0.1, 0.15) is 48.5 Å². The van der Waals surface area contributed by atoms with E-state index in [2.05, 4.69) is 31.4 Å². The highest BCUT2D eigenvalue weighted by Crippen LogP contribution is 2.30. The van der Waals surface area contributed by atoms with Crippen LogP contribution in [0.25, 0.3) is 4.85 Å². The van der Waals surface area contributed by atoms with Gasteiger partial charge in [0.25, 0.3) is 0 Å². The van der Waals surface area contributed by atoms with Gasteiger partial charge in [0.05, 0.1) is 30.5 Å². The molecule has 24 heteroatoms. The lowest BCUT2D eigenvalue weighted by atomic mass is 9.99. The van der Waals surface area contributed by atoms with Crippen molar-refractivity contribution in [2.45, 2.75) is 139 Å². The summed E-state index contributed by atoms with van der Waals surface area (Å²) in [6, 6.07) is 2.05. The molecule has 3 aliphatic heterocycles. The molecular weight excluding hydrogens is 933 g/mol. The monoisotopic (exact) mass is 996 g/mol. The van der Waals surface area contributed by atoms with Crippen molar-refractivity contribution in [3.8, 4) is 11.5 Å². The van der Waals surface area contributed by atoms with Crippen molar-refractivity contribution < 1.29 is 78.8 Å². The van der Waals surface area contributed by atoms with Crippen molar-refractivity contribution in [2.24, 2.45) is 5.92 Å². The third kappa shape index (κ3) is 14.5. The molecule has 388 valence electrons. The molecule has 7 amide bonds. The topological polar surface area (TPSA) is 351 Å². The van der Waals surface area contributed by atoms with Gasteiger partial charge in [-0.15, -0.1) is 0 Å². The van der Waals surface area contributed by atoms with Gasteiger partial charge in [0.2, 0.25) is 42.0 Å². The first-order valence-electron chi connectivity index (χ1n) is 23.1. The molecule has 0 bridgehead atoms. The van der Waals surface area contributed by atoms with Crippen molar-refractivity contribution in [1.29, 1.82) is 0 Å². The van der Waals surface area contributed by atoms with Crippen molar-refractivity contribution in [2.75, 3.05) is 26.2 Å². The van der Waals surface area contributed by atoms with Gasteiger partial charge in [-0.25, -0.2) is 11.4 Å². The summed E-state index contributed by atoms with van der Waals surface area (Å²) in [5, 5.41) is 89.7. The van der Waals surface area contributed by atoms with Gasteiger partial charge >= 0.3 is 6.09 Å². The number of nitrogens with one attached hydrogen (secondary N) is 5. The summed E-state index contributed by atoms with van der Waals surface area (Å²) < 4.78 is 11.0. The quantitative estimate of drug-likeness (QED) is 0.105. The van der Waals surface area contributed by atoms with Crippen LogP contribution in [0.5, 0.6) is 11.5 Å². The first kappa shape index (κ1) is 55.3. The first-order valence-corrected chi connectivity index (χ1v) is 23.1. The Balaban J connectivity index is 1.55. The molecule has 3 aliphatic rings. The number of aliphatic hydroxyl groups excluding tert-OH is 6. The molecule has 0 aliphatic carbocycles. The molecule has 71 heavy (non-hydrogen) atoms. The molecular formula is C47H64N8O16. The molecule has 0 unspecified atom stereocenters. The number of aliphatic hydroxyl groups is 6. The third-order valence-corrected chi connectivity index (χ3v) is 12.1. The Kier molecular flexibility index (Phi) is 18.7.